The van der Waals surface area contributed by atoms with Crippen LogP contribution in [0, 0.1) is 5.41 Å². The van der Waals surface area contributed by atoms with Crippen LogP contribution in [-0.4, -0.2) is 101 Å². The summed E-state index contributed by atoms with van der Waals surface area (Å²) in [6, 6.07) is 0.382. The zero-order chi connectivity index (χ0) is 24.0. The lowest BCUT2D eigenvalue weighted by atomic mass is 9.76. The molecule has 5 N–H and O–H groups in total. The van der Waals surface area contributed by atoms with Crippen molar-refractivity contribution in [2.45, 2.75) is 94.0 Å². The number of fused-ring (bicyclic) bond motifs is 3. The molecular weight excluding hydrogens is 454 g/mol. The monoisotopic (exact) mass is 495 g/mol. The molecular formula is C24H41N5O4S. The third-order valence-corrected chi connectivity index (χ3v) is 9.22. The van der Waals surface area contributed by atoms with Gasteiger partial charge < -0.3 is 19.7 Å². The largest absolute Gasteiger partial charge is 0.379 e. The molecule has 0 aromatic carbocycles. The number of likely N-dealkylation sites (tertiary alicyclic amines) is 2. The summed E-state index contributed by atoms with van der Waals surface area (Å²) in [5, 5.41) is 32.3. The number of methoxy groups -OCH3 is 1. The number of aliphatic hydroxyl groups is 2. The average molecular weight is 496 g/mol. The summed E-state index contributed by atoms with van der Waals surface area (Å²) >= 11 is 1.74. The first-order valence-electron chi connectivity index (χ1n) is 12.7. The molecule has 4 heterocycles. The van der Waals surface area contributed by atoms with Gasteiger partial charge in [-0.25, -0.2) is 0 Å². The van der Waals surface area contributed by atoms with E-state index in [1.807, 2.05) is 13.0 Å². The number of rotatable bonds is 7. The van der Waals surface area contributed by atoms with Crippen LogP contribution in [0.25, 0.3) is 0 Å². The van der Waals surface area contributed by atoms with E-state index < -0.39 is 12.6 Å². The lowest BCUT2D eigenvalue weighted by Crippen LogP contribution is -2.55. The van der Waals surface area contributed by atoms with Crippen LogP contribution in [0.3, 0.4) is 0 Å². The maximum Gasteiger partial charge on any atom is 0.165 e. The van der Waals surface area contributed by atoms with Gasteiger partial charge in [-0.2, -0.15) is 0 Å². The summed E-state index contributed by atoms with van der Waals surface area (Å²) < 4.78 is 11.6. The molecule has 0 aromatic heterocycles. The first-order chi connectivity index (χ1) is 16.3. The first-order valence-corrected chi connectivity index (χ1v) is 13.6. The van der Waals surface area contributed by atoms with Gasteiger partial charge in [0.1, 0.15) is 18.0 Å². The molecule has 5 aliphatic rings. The van der Waals surface area contributed by atoms with Crippen molar-refractivity contribution in [3.05, 3.63) is 23.8 Å². The van der Waals surface area contributed by atoms with Crippen molar-refractivity contribution in [2.24, 2.45) is 5.41 Å². The van der Waals surface area contributed by atoms with Gasteiger partial charge in [-0.3, -0.25) is 25.8 Å². The van der Waals surface area contributed by atoms with Gasteiger partial charge in [-0.1, -0.05) is 12.2 Å². The maximum atomic E-state index is 11.4. The molecule has 4 aliphatic heterocycles. The Morgan fingerprint density at radius 3 is 2.71 bits per heavy atom. The van der Waals surface area contributed by atoms with E-state index in [1.54, 1.807) is 18.9 Å². The number of nitrogens with zero attached hydrogens (tertiary/aromatic N) is 2. The van der Waals surface area contributed by atoms with Crippen LogP contribution >= 0.6 is 11.8 Å². The van der Waals surface area contributed by atoms with Crippen molar-refractivity contribution >= 4 is 11.8 Å². The predicted octanol–water partition coefficient (Wildman–Crippen LogP) is 0.527. The lowest BCUT2D eigenvalue weighted by Gasteiger charge is -2.35. The Kier molecular flexibility index (Phi) is 7.45. The van der Waals surface area contributed by atoms with Crippen molar-refractivity contribution in [3.8, 4) is 0 Å². The molecule has 9 atom stereocenters. The fourth-order valence-corrected chi connectivity index (χ4v) is 7.62. The van der Waals surface area contributed by atoms with Gasteiger partial charge in [0.25, 0.3) is 0 Å². The molecule has 0 radical (unpaired) electrons. The Bertz CT molecular complexity index is 797. The topological polar surface area (TPSA) is 101 Å². The van der Waals surface area contributed by atoms with Crippen LogP contribution < -0.4 is 16.0 Å². The summed E-state index contributed by atoms with van der Waals surface area (Å²) in [6.07, 6.45) is 8.43. The zero-order valence-corrected chi connectivity index (χ0v) is 21.5. The van der Waals surface area contributed by atoms with Gasteiger partial charge in [0.15, 0.2) is 6.35 Å². The third kappa shape index (κ3) is 4.87. The highest BCUT2D eigenvalue weighted by molar-refractivity contribution is 8.00. The zero-order valence-electron chi connectivity index (χ0n) is 20.7. The molecule has 0 saturated carbocycles. The van der Waals surface area contributed by atoms with Crippen LogP contribution in [0.2, 0.25) is 0 Å². The molecule has 3 fully saturated rings. The molecule has 1 aliphatic carbocycles. The van der Waals surface area contributed by atoms with E-state index in [4.69, 9.17) is 9.47 Å². The smallest absolute Gasteiger partial charge is 0.165 e. The van der Waals surface area contributed by atoms with Crippen molar-refractivity contribution in [3.63, 3.8) is 0 Å². The normalized spacial score (nSPS) is 42.3. The van der Waals surface area contributed by atoms with Crippen molar-refractivity contribution < 1.29 is 19.7 Å². The Morgan fingerprint density at radius 1 is 1.18 bits per heavy atom. The Morgan fingerprint density at radius 2 is 2.00 bits per heavy atom. The molecule has 1 spiro atoms. The minimum atomic E-state index is -0.761. The molecule has 5 rings (SSSR count). The van der Waals surface area contributed by atoms with Crippen LogP contribution in [0.15, 0.2) is 23.8 Å². The van der Waals surface area contributed by atoms with Crippen LogP contribution in [-0.2, 0) is 9.47 Å². The van der Waals surface area contributed by atoms with Crippen molar-refractivity contribution in [2.75, 3.05) is 26.7 Å². The molecule has 0 aromatic rings. The number of nitrogens with one attached hydrogen (secondary N) is 3. The molecule has 10 heteroatoms. The van der Waals surface area contributed by atoms with Gasteiger partial charge in [-0.15, -0.1) is 11.8 Å². The third-order valence-electron chi connectivity index (χ3n) is 7.95. The van der Waals surface area contributed by atoms with E-state index in [0.717, 1.165) is 38.9 Å². The highest BCUT2D eigenvalue weighted by Crippen LogP contribution is 2.50. The summed E-state index contributed by atoms with van der Waals surface area (Å²) in [6.45, 7) is 8.49. The highest BCUT2D eigenvalue weighted by Gasteiger charge is 2.54. The van der Waals surface area contributed by atoms with Gasteiger partial charge in [0.2, 0.25) is 0 Å². The Balaban J connectivity index is 1.30. The summed E-state index contributed by atoms with van der Waals surface area (Å²) in [5.74, 6) is 0. The van der Waals surface area contributed by atoms with Crippen LogP contribution in [0.4, 0.5) is 0 Å². The number of hydrogen-bond donors (Lipinski definition) is 5. The second-order valence-corrected chi connectivity index (χ2v) is 11.9. The molecule has 34 heavy (non-hydrogen) atoms. The van der Waals surface area contributed by atoms with E-state index in [0.29, 0.717) is 0 Å². The van der Waals surface area contributed by atoms with E-state index in [1.165, 1.54) is 5.57 Å². The SMILES string of the molecule is COC1C=CC2NC(NC(O)N3CC4(CCN(C(C)O)C4)C4=CC(OC(C)C)CC[C@@H]43)SC2N1. The number of ether oxygens (including phenoxy) is 2. The number of hydrogen-bond acceptors (Lipinski definition) is 10. The second kappa shape index (κ2) is 10.1. The molecule has 0 amide bonds. The minimum Gasteiger partial charge on any atom is -0.379 e. The average Bonchev–Trinajstić information content (AvgIpc) is 3.49. The molecule has 3 saturated heterocycles. The van der Waals surface area contributed by atoms with Crippen LogP contribution in [0.1, 0.15) is 40.0 Å². The van der Waals surface area contributed by atoms with Crippen LogP contribution in [0.5, 0.6) is 0 Å². The quantitative estimate of drug-likeness (QED) is 0.254. The summed E-state index contributed by atoms with van der Waals surface area (Å²) in [7, 11) is 1.70. The lowest BCUT2D eigenvalue weighted by molar-refractivity contribution is -0.0435. The maximum absolute atomic E-state index is 11.4. The fourth-order valence-electron chi connectivity index (χ4n) is 6.34. The predicted molar refractivity (Wildman–Crippen MR) is 132 cm³/mol. The number of thioether (sulfide) groups is 1. The molecule has 8 unspecified atom stereocenters. The van der Waals surface area contributed by atoms with E-state index >= 15 is 0 Å². The minimum absolute atomic E-state index is 0.0520. The molecule has 0 bridgehead atoms. The van der Waals surface area contributed by atoms with E-state index in [2.05, 4.69) is 51.7 Å². The molecule has 9 nitrogen and oxygen atoms in total. The van der Waals surface area contributed by atoms with Crippen molar-refractivity contribution in [1.29, 1.82) is 0 Å². The van der Waals surface area contributed by atoms with Gasteiger partial charge in [0, 0.05) is 38.2 Å². The van der Waals surface area contributed by atoms with Gasteiger partial charge >= 0.3 is 0 Å². The second-order valence-electron chi connectivity index (χ2n) is 10.6. The fraction of sp³-hybridized carbons (Fsp3) is 0.833. The molecule has 192 valence electrons. The van der Waals surface area contributed by atoms with Gasteiger partial charge in [0.05, 0.1) is 23.6 Å². The highest BCUT2D eigenvalue weighted by atomic mass is 32.2. The summed E-state index contributed by atoms with van der Waals surface area (Å²) in [4.78, 5) is 4.38. The Hall–Kier alpha value is -0.530. The Labute approximate surface area is 207 Å². The summed E-state index contributed by atoms with van der Waals surface area (Å²) in [5.41, 5.74) is 1.27. The standard InChI is InChI=1S/C24H41N5O4S/c1-14(2)33-16-5-7-19-17(11-16)24(9-10-28(12-24)15(3)30)13-29(19)23(31)27-22-25-18-6-8-20(32-4)26-21(18)34-22/h6,8,11,14-16,18-23,25-27,30-31H,5,7,9-10,12-13H2,1-4H3/t15?,16?,18?,19-,20?,21?,22?,23?,24?/m0/s1. The number of aliphatic hydroxyl groups excluding tert-OH is 2. The first kappa shape index (κ1) is 25.1. The van der Waals surface area contributed by atoms with Gasteiger partial charge in [-0.05, 0) is 51.7 Å². The van der Waals surface area contributed by atoms with E-state index in [9.17, 15) is 10.2 Å². The van der Waals surface area contributed by atoms with Crippen molar-refractivity contribution in [1.82, 2.24) is 25.8 Å². The van der Waals surface area contributed by atoms with E-state index in [-0.39, 0.29) is 46.8 Å².